The van der Waals surface area contributed by atoms with Crippen LogP contribution in [0.15, 0.2) is 24.3 Å². The number of nitrogens with two attached hydrogens (primary N) is 2. The van der Waals surface area contributed by atoms with Gasteiger partial charge in [0.15, 0.2) is 0 Å². The van der Waals surface area contributed by atoms with Crippen LogP contribution < -0.4 is 11.5 Å². The maximum atomic E-state index is 12.0. The quantitative estimate of drug-likeness (QED) is 0.707. The molecule has 1 aromatic rings. The number of hydrogen-bond donors (Lipinski definition) is 2. The van der Waals surface area contributed by atoms with Crippen LogP contribution in [0.2, 0.25) is 0 Å². The standard InChI is InChI=1S/C13H15N3O2/c1-16(9-12(15)17)13(18)11-6-2-4-10(8-11)5-3-7-14/h2,4,6,8H,7,9,14H2,1H3,(H2,15,17). The number of nitrogens with zero attached hydrogens (tertiary/aromatic N) is 1. The number of carbonyl (C=O) groups excluding carboxylic acids is 2. The van der Waals surface area contributed by atoms with Crippen molar-refractivity contribution in [1.29, 1.82) is 0 Å². The molecule has 18 heavy (non-hydrogen) atoms. The third-order valence-corrected chi connectivity index (χ3v) is 2.18. The molecule has 0 radical (unpaired) electrons. The fourth-order valence-electron chi connectivity index (χ4n) is 1.41. The number of primary amides is 1. The summed E-state index contributed by atoms with van der Waals surface area (Å²) in [5.41, 5.74) is 11.5. The Bertz CT molecular complexity index is 514. The second-order valence-corrected chi connectivity index (χ2v) is 3.71. The van der Waals surface area contributed by atoms with Crippen LogP contribution in [-0.4, -0.2) is 36.9 Å². The van der Waals surface area contributed by atoms with E-state index in [0.717, 1.165) is 0 Å². The van der Waals surface area contributed by atoms with Gasteiger partial charge in [0.1, 0.15) is 0 Å². The minimum Gasteiger partial charge on any atom is -0.368 e. The van der Waals surface area contributed by atoms with E-state index in [9.17, 15) is 9.59 Å². The zero-order valence-corrected chi connectivity index (χ0v) is 10.1. The first-order valence-corrected chi connectivity index (χ1v) is 5.37. The lowest BCUT2D eigenvalue weighted by Gasteiger charge is -2.14. The van der Waals surface area contributed by atoms with Crippen LogP contribution in [0.5, 0.6) is 0 Å². The molecular formula is C13H15N3O2. The maximum Gasteiger partial charge on any atom is 0.254 e. The third-order valence-electron chi connectivity index (χ3n) is 2.18. The van der Waals surface area contributed by atoms with Gasteiger partial charge in [0.25, 0.3) is 5.91 Å². The smallest absolute Gasteiger partial charge is 0.254 e. The third kappa shape index (κ3) is 3.92. The summed E-state index contributed by atoms with van der Waals surface area (Å²) < 4.78 is 0. The average molecular weight is 245 g/mol. The molecule has 0 aliphatic carbocycles. The van der Waals surface area contributed by atoms with E-state index in [-0.39, 0.29) is 19.0 Å². The van der Waals surface area contributed by atoms with Crippen molar-refractivity contribution in [3.8, 4) is 11.8 Å². The lowest BCUT2D eigenvalue weighted by molar-refractivity contribution is -0.118. The van der Waals surface area contributed by atoms with Gasteiger partial charge in [0.05, 0.1) is 13.1 Å². The van der Waals surface area contributed by atoms with Gasteiger partial charge in [0.2, 0.25) is 5.91 Å². The summed E-state index contributed by atoms with van der Waals surface area (Å²) in [5.74, 6) is 4.73. The van der Waals surface area contributed by atoms with E-state index >= 15 is 0 Å². The summed E-state index contributed by atoms with van der Waals surface area (Å²) in [6.45, 7) is 0.150. The molecule has 4 N–H and O–H groups in total. The fraction of sp³-hybridized carbons (Fsp3) is 0.231. The number of likely N-dealkylation sites (N-methyl/N-ethyl adjacent to an activating group) is 1. The first-order chi connectivity index (χ1) is 8.54. The van der Waals surface area contributed by atoms with Crippen LogP contribution in [0.25, 0.3) is 0 Å². The second kappa shape index (κ2) is 6.42. The van der Waals surface area contributed by atoms with Crippen molar-refractivity contribution in [2.24, 2.45) is 11.5 Å². The van der Waals surface area contributed by atoms with E-state index in [2.05, 4.69) is 11.8 Å². The Labute approximate surface area is 106 Å². The zero-order chi connectivity index (χ0) is 13.5. The molecule has 0 atom stereocenters. The lowest BCUT2D eigenvalue weighted by Crippen LogP contribution is -2.35. The van der Waals surface area contributed by atoms with Gasteiger partial charge >= 0.3 is 0 Å². The molecule has 0 heterocycles. The van der Waals surface area contributed by atoms with E-state index < -0.39 is 5.91 Å². The fourth-order valence-corrected chi connectivity index (χ4v) is 1.41. The first kappa shape index (κ1) is 13.7. The molecule has 1 aromatic carbocycles. The van der Waals surface area contributed by atoms with Gasteiger partial charge < -0.3 is 16.4 Å². The SMILES string of the molecule is CN(CC(N)=O)C(=O)c1cccc(C#CCN)c1. The minimum absolute atomic E-state index is 0.114. The Morgan fingerprint density at radius 1 is 1.39 bits per heavy atom. The normalized spacial score (nSPS) is 9.22. The molecule has 2 amide bonds. The highest BCUT2D eigenvalue weighted by Gasteiger charge is 2.13. The van der Waals surface area contributed by atoms with E-state index in [0.29, 0.717) is 11.1 Å². The topological polar surface area (TPSA) is 89.4 Å². The van der Waals surface area contributed by atoms with Gasteiger partial charge in [-0.1, -0.05) is 17.9 Å². The van der Waals surface area contributed by atoms with Crippen molar-refractivity contribution in [2.45, 2.75) is 0 Å². The molecule has 5 heteroatoms. The van der Waals surface area contributed by atoms with Crippen molar-refractivity contribution in [3.05, 3.63) is 35.4 Å². The molecular weight excluding hydrogens is 230 g/mol. The van der Waals surface area contributed by atoms with E-state index in [1.165, 1.54) is 11.9 Å². The molecule has 0 saturated heterocycles. The molecule has 5 nitrogen and oxygen atoms in total. The van der Waals surface area contributed by atoms with E-state index in [1.54, 1.807) is 24.3 Å². The lowest BCUT2D eigenvalue weighted by atomic mass is 10.1. The first-order valence-electron chi connectivity index (χ1n) is 5.37. The van der Waals surface area contributed by atoms with Gasteiger partial charge in [-0.25, -0.2) is 0 Å². The minimum atomic E-state index is -0.551. The van der Waals surface area contributed by atoms with Crippen LogP contribution in [0.1, 0.15) is 15.9 Å². The van der Waals surface area contributed by atoms with Crippen molar-refractivity contribution < 1.29 is 9.59 Å². The van der Waals surface area contributed by atoms with Crippen LogP contribution in [-0.2, 0) is 4.79 Å². The molecule has 0 bridgehead atoms. The van der Waals surface area contributed by atoms with E-state index in [4.69, 9.17) is 11.5 Å². The summed E-state index contributed by atoms with van der Waals surface area (Å²) in [6, 6.07) is 6.83. The Morgan fingerprint density at radius 2 is 2.11 bits per heavy atom. The highest BCUT2D eigenvalue weighted by Crippen LogP contribution is 2.06. The highest BCUT2D eigenvalue weighted by atomic mass is 16.2. The molecule has 0 saturated carbocycles. The Hall–Kier alpha value is -2.32. The van der Waals surface area contributed by atoms with Gasteiger partial charge in [-0.2, -0.15) is 0 Å². The Morgan fingerprint density at radius 3 is 2.72 bits per heavy atom. The number of rotatable bonds is 3. The molecule has 0 aliphatic rings. The number of carbonyl (C=O) groups is 2. The van der Waals surface area contributed by atoms with Crippen molar-refractivity contribution in [2.75, 3.05) is 20.1 Å². The summed E-state index contributed by atoms with van der Waals surface area (Å²) in [7, 11) is 1.52. The molecule has 1 rings (SSSR count). The van der Waals surface area contributed by atoms with Crippen LogP contribution in [0.3, 0.4) is 0 Å². The largest absolute Gasteiger partial charge is 0.368 e. The number of amides is 2. The average Bonchev–Trinajstić information content (AvgIpc) is 2.35. The summed E-state index contributed by atoms with van der Waals surface area (Å²) in [5, 5.41) is 0. The monoisotopic (exact) mass is 245 g/mol. The summed E-state index contributed by atoms with van der Waals surface area (Å²) >= 11 is 0. The molecule has 0 fully saturated rings. The van der Waals surface area contributed by atoms with Gasteiger partial charge in [-0.15, -0.1) is 0 Å². The Balaban J connectivity index is 2.89. The van der Waals surface area contributed by atoms with Crippen LogP contribution in [0.4, 0.5) is 0 Å². The summed E-state index contributed by atoms with van der Waals surface area (Å²) in [6.07, 6.45) is 0. The van der Waals surface area contributed by atoms with Crippen LogP contribution >= 0.6 is 0 Å². The van der Waals surface area contributed by atoms with Crippen molar-refractivity contribution in [1.82, 2.24) is 4.90 Å². The van der Waals surface area contributed by atoms with Gasteiger partial charge in [-0.05, 0) is 18.2 Å². The maximum absolute atomic E-state index is 12.0. The van der Waals surface area contributed by atoms with Gasteiger partial charge in [0, 0.05) is 18.2 Å². The van der Waals surface area contributed by atoms with Crippen molar-refractivity contribution in [3.63, 3.8) is 0 Å². The molecule has 94 valence electrons. The predicted molar refractivity (Wildman–Crippen MR) is 68.5 cm³/mol. The Kier molecular flexibility index (Phi) is 4.90. The molecule has 0 aromatic heterocycles. The number of hydrogen-bond acceptors (Lipinski definition) is 3. The highest BCUT2D eigenvalue weighted by molar-refractivity contribution is 5.96. The predicted octanol–water partition coefficient (Wildman–Crippen LogP) is -0.446. The van der Waals surface area contributed by atoms with Gasteiger partial charge in [-0.3, -0.25) is 9.59 Å². The molecule has 0 aliphatic heterocycles. The van der Waals surface area contributed by atoms with E-state index in [1.807, 2.05) is 0 Å². The molecule has 0 spiro atoms. The zero-order valence-electron chi connectivity index (χ0n) is 10.1. The number of benzene rings is 1. The second-order valence-electron chi connectivity index (χ2n) is 3.71. The molecule has 0 unspecified atom stereocenters. The summed E-state index contributed by atoms with van der Waals surface area (Å²) in [4.78, 5) is 24.0. The van der Waals surface area contributed by atoms with Crippen molar-refractivity contribution >= 4 is 11.8 Å². The van der Waals surface area contributed by atoms with Crippen LogP contribution in [0, 0.1) is 11.8 Å².